The van der Waals surface area contributed by atoms with Gasteiger partial charge in [-0.1, -0.05) is 47.5 Å². The molecule has 162 valence electrons. The molecule has 4 rings (SSSR count). The molecule has 0 saturated carbocycles. The van der Waals surface area contributed by atoms with Crippen LogP contribution in [0.3, 0.4) is 0 Å². The monoisotopic (exact) mass is 447 g/mol. The first-order valence-corrected chi connectivity index (χ1v) is 10.5. The Morgan fingerprint density at radius 1 is 0.969 bits per heavy atom. The van der Waals surface area contributed by atoms with Crippen molar-refractivity contribution in [2.45, 2.75) is 20.8 Å². The number of hydrogen-bond donors (Lipinski definition) is 1. The lowest BCUT2D eigenvalue weighted by Crippen LogP contribution is -2.22. The highest BCUT2D eigenvalue weighted by atomic mass is 35.5. The van der Waals surface area contributed by atoms with Crippen molar-refractivity contribution in [1.82, 2.24) is 0 Å². The van der Waals surface area contributed by atoms with E-state index in [4.69, 9.17) is 20.8 Å². The van der Waals surface area contributed by atoms with Gasteiger partial charge >= 0.3 is 0 Å². The molecule has 0 spiro atoms. The number of anilines is 1. The van der Waals surface area contributed by atoms with Crippen molar-refractivity contribution >= 4 is 34.2 Å². The van der Waals surface area contributed by atoms with Crippen LogP contribution in [0, 0.1) is 20.8 Å². The number of halogens is 1. The van der Waals surface area contributed by atoms with Gasteiger partial charge in [0.2, 0.25) is 11.2 Å². The van der Waals surface area contributed by atoms with Gasteiger partial charge in [-0.3, -0.25) is 9.59 Å². The van der Waals surface area contributed by atoms with Crippen LogP contribution in [-0.2, 0) is 4.79 Å². The fraction of sp³-hybridized carbons (Fsp3) is 0.154. The van der Waals surface area contributed by atoms with Crippen LogP contribution in [-0.4, -0.2) is 12.5 Å². The molecule has 0 aliphatic heterocycles. The summed E-state index contributed by atoms with van der Waals surface area (Å²) < 4.78 is 11.9. The van der Waals surface area contributed by atoms with Crippen molar-refractivity contribution < 1.29 is 13.9 Å². The molecule has 5 nitrogen and oxygen atoms in total. The fourth-order valence-corrected chi connectivity index (χ4v) is 3.69. The third kappa shape index (κ3) is 4.53. The highest BCUT2D eigenvalue weighted by Gasteiger charge is 2.20. The number of hydrogen-bond acceptors (Lipinski definition) is 4. The van der Waals surface area contributed by atoms with Crippen LogP contribution in [0.15, 0.2) is 69.9 Å². The van der Waals surface area contributed by atoms with E-state index < -0.39 is 5.91 Å². The molecule has 4 aromatic rings. The van der Waals surface area contributed by atoms with Crippen molar-refractivity contribution in [3.8, 4) is 17.1 Å². The first kappa shape index (κ1) is 21.7. The van der Waals surface area contributed by atoms with Gasteiger partial charge in [0, 0.05) is 16.3 Å². The lowest BCUT2D eigenvalue weighted by molar-refractivity contribution is -0.118. The lowest BCUT2D eigenvalue weighted by atomic mass is 10.0. The maximum Gasteiger partial charge on any atom is 0.262 e. The lowest BCUT2D eigenvalue weighted by Gasteiger charge is -2.13. The smallest absolute Gasteiger partial charge is 0.262 e. The summed E-state index contributed by atoms with van der Waals surface area (Å²) in [6, 6.07) is 18.1. The zero-order valence-corrected chi connectivity index (χ0v) is 18.7. The largest absolute Gasteiger partial charge is 0.476 e. The summed E-state index contributed by atoms with van der Waals surface area (Å²) in [6.45, 7) is 5.44. The van der Waals surface area contributed by atoms with Gasteiger partial charge in [0.05, 0.1) is 5.39 Å². The number of ether oxygens (including phenoxy) is 1. The minimum absolute atomic E-state index is 0.0135. The van der Waals surface area contributed by atoms with Gasteiger partial charge < -0.3 is 14.5 Å². The normalized spacial score (nSPS) is 10.9. The summed E-state index contributed by atoms with van der Waals surface area (Å²) in [7, 11) is 0. The van der Waals surface area contributed by atoms with E-state index in [1.807, 2.05) is 57.2 Å². The Morgan fingerprint density at radius 2 is 1.66 bits per heavy atom. The van der Waals surface area contributed by atoms with E-state index in [1.165, 1.54) is 0 Å². The summed E-state index contributed by atoms with van der Waals surface area (Å²) in [5, 5.41) is 3.74. The van der Waals surface area contributed by atoms with Crippen molar-refractivity contribution in [3.63, 3.8) is 0 Å². The molecule has 3 aromatic carbocycles. The Kier molecular flexibility index (Phi) is 6.01. The number of carbonyl (C=O) groups excluding carboxylic acids is 1. The van der Waals surface area contributed by atoms with Crippen LogP contribution in [0.2, 0.25) is 5.02 Å². The van der Waals surface area contributed by atoms with Crippen LogP contribution >= 0.6 is 11.6 Å². The third-order valence-electron chi connectivity index (χ3n) is 5.08. The highest BCUT2D eigenvalue weighted by molar-refractivity contribution is 6.30. The summed E-state index contributed by atoms with van der Waals surface area (Å²) in [5.41, 5.74) is 4.32. The standard InChI is InChI=1S/C26H22ClNO4/c1-15-4-6-18(7-5-15)25-26(24(30)23-17(3)12-16(2)13-21(23)32-25)31-14-22(29)28-20-10-8-19(27)9-11-20/h4-13H,14H2,1-3H3,(H,28,29). The number of amides is 1. The SMILES string of the molecule is Cc1ccc(-c2oc3cc(C)cc(C)c3c(=O)c2OCC(=O)Nc2ccc(Cl)cc2)cc1. The fourth-order valence-electron chi connectivity index (χ4n) is 3.57. The van der Waals surface area contributed by atoms with Crippen molar-refractivity contribution in [1.29, 1.82) is 0 Å². The van der Waals surface area contributed by atoms with E-state index in [2.05, 4.69) is 5.32 Å². The molecule has 0 unspecified atom stereocenters. The molecule has 0 aliphatic carbocycles. The summed E-state index contributed by atoms with van der Waals surface area (Å²) in [6.07, 6.45) is 0. The minimum Gasteiger partial charge on any atom is -0.476 e. The molecule has 1 N–H and O–H groups in total. The Hall–Kier alpha value is -3.57. The summed E-state index contributed by atoms with van der Waals surface area (Å²) in [4.78, 5) is 25.8. The van der Waals surface area contributed by atoms with Crippen LogP contribution in [0.4, 0.5) is 5.69 Å². The maximum absolute atomic E-state index is 13.4. The average molecular weight is 448 g/mol. The van der Waals surface area contributed by atoms with Crippen LogP contribution in [0.1, 0.15) is 16.7 Å². The molecule has 32 heavy (non-hydrogen) atoms. The number of carbonyl (C=O) groups is 1. The van der Waals surface area contributed by atoms with E-state index in [-0.39, 0.29) is 17.8 Å². The van der Waals surface area contributed by atoms with Crippen LogP contribution in [0.5, 0.6) is 5.75 Å². The number of rotatable bonds is 5. The quantitative estimate of drug-likeness (QED) is 0.404. The van der Waals surface area contributed by atoms with Crippen LogP contribution in [0.25, 0.3) is 22.3 Å². The number of fused-ring (bicyclic) bond motifs is 1. The Labute approximate surface area is 190 Å². The van der Waals surface area contributed by atoms with Gasteiger partial charge in [0.15, 0.2) is 12.4 Å². The first-order chi connectivity index (χ1) is 15.3. The second-order valence-corrected chi connectivity index (χ2v) is 8.19. The van der Waals surface area contributed by atoms with Crippen LogP contribution < -0.4 is 15.5 Å². The second kappa shape index (κ2) is 8.89. The van der Waals surface area contributed by atoms with E-state index in [0.717, 1.165) is 16.7 Å². The maximum atomic E-state index is 13.4. The molecule has 0 fully saturated rings. The molecule has 6 heteroatoms. The predicted molar refractivity (Wildman–Crippen MR) is 128 cm³/mol. The molecule has 1 amide bonds. The van der Waals surface area contributed by atoms with Gasteiger partial charge in [0.25, 0.3) is 5.91 Å². The van der Waals surface area contributed by atoms with Crippen molar-refractivity contribution in [2.75, 3.05) is 11.9 Å². The van der Waals surface area contributed by atoms with Gasteiger partial charge in [-0.15, -0.1) is 0 Å². The van der Waals surface area contributed by atoms with E-state index in [0.29, 0.717) is 33.0 Å². The second-order valence-electron chi connectivity index (χ2n) is 7.75. The molecule has 1 heterocycles. The molecular weight excluding hydrogens is 426 g/mol. The molecular formula is C26H22ClNO4. The summed E-state index contributed by atoms with van der Waals surface area (Å²) in [5.74, 6) is -0.0892. The number of aryl methyl sites for hydroxylation is 3. The Morgan fingerprint density at radius 3 is 2.34 bits per heavy atom. The zero-order valence-electron chi connectivity index (χ0n) is 18.0. The van der Waals surface area contributed by atoms with Gasteiger partial charge in [-0.25, -0.2) is 0 Å². The minimum atomic E-state index is -0.401. The number of benzene rings is 3. The van der Waals surface area contributed by atoms with E-state index in [1.54, 1.807) is 24.3 Å². The van der Waals surface area contributed by atoms with E-state index >= 15 is 0 Å². The first-order valence-electron chi connectivity index (χ1n) is 10.1. The molecule has 1 aromatic heterocycles. The molecule has 0 atom stereocenters. The van der Waals surface area contributed by atoms with Gasteiger partial charge in [-0.05, 0) is 62.2 Å². The topological polar surface area (TPSA) is 68.5 Å². The Balaban J connectivity index is 1.72. The highest BCUT2D eigenvalue weighted by Crippen LogP contribution is 2.32. The third-order valence-corrected chi connectivity index (χ3v) is 5.34. The van der Waals surface area contributed by atoms with E-state index in [9.17, 15) is 9.59 Å². The molecule has 0 saturated heterocycles. The van der Waals surface area contributed by atoms with Gasteiger partial charge in [-0.2, -0.15) is 0 Å². The van der Waals surface area contributed by atoms with Gasteiger partial charge in [0.1, 0.15) is 5.58 Å². The van der Waals surface area contributed by atoms with Crippen molar-refractivity contribution in [3.05, 3.63) is 92.6 Å². The van der Waals surface area contributed by atoms with Crippen molar-refractivity contribution in [2.24, 2.45) is 0 Å². The number of nitrogens with one attached hydrogen (secondary N) is 1. The Bertz CT molecular complexity index is 1360. The zero-order chi connectivity index (χ0) is 22.8. The summed E-state index contributed by atoms with van der Waals surface area (Å²) >= 11 is 5.88. The average Bonchev–Trinajstić information content (AvgIpc) is 2.74. The predicted octanol–water partition coefficient (Wildman–Crippen LogP) is 6.06. The molecule has 0 aliphatic rings. The molecule has 0 radical (unpaired) electrons. The molecule has 0 bridgehead atoms.